The van der Waals surface area contributed by atoms with Crippen molar-refractivity contribution in [3.05, 3.63) is 52.6 Å². The van der Waals surface area contributed by atoms with Gasteiger partial charge in [0.2, 0.25) is 5.88 Å². The van der Waals surface area contributed by atoms with Gasteiger partial charge < -0.3 is 24.6 Å². The molecule has 0 spiro atoms. The monoisotopic (exact) mass is 466 g/mol. The molecular weight excluding hydrogens is 436 g/mol. The third kappa shape index (κ3) is 4.85. The fraction of sp³-hybridized carbons (Fsp3) is 0.480. The zero-order valence-corrected chi connectivity index (χ0v) is 19.3. The molecule has 2 aliphatic rings. The van der Waals surface area contributed by atoms with Crippen molar-refractivity contribution in [2.45, 2.75) is 50.9 Å². The van der Waals surface area contributed by atoms with Crippen LogP contribution in [0.3, 0.4) is 0 Å². The second kappa shape index (κ2) is 9.99. The van der Waals surface area contributed by atoms with Crippen molar-refractivity contribution < 1.29 is 19.3 Å². The second-order valence-corrected chi connectivity index (χ2v) is 8.93. The average molecular weight is 467 g/mol. The van der Waals surface area contributed by atoms with Crippen LogP contribution in [0.25, 0.3) is 11.0 Å². The molecule has 1 saturated carbocycles. The number of rotatable bonds is 7. The fourth-order valence-corrected chi connectivity index (χ4v) is 4.81. The summed E-state index contributed by atoms with van der Waals surface area (Å²) in [5, 5.41) is 15.4. The number of pyridine rings is 3. The van der Waals surface area contributed by atoms with Gasteiger partial charge in [0.25, 0.3) is 5.56 Å². The van der Waals surface area contributed by atoms with Gasteiger partial charge in [-0.1, -0.05) is 0 Å². The third-order valence-electron chi connectivity index (χ3n) is 6.76. The predicted molar refractivity (Wildman–Crippen MR) is 126 cm³/mol. The topological polar surface area (TPSA) is 108 Å². The van der Waals surface area contributed by atoms with E-state index in [1.165, 1.54) is 6.07 Å². The molecular formula is C25H30N4O5. The van der Waals surface area contributed by atoms with Crippen LogP contribution in [0.5, 0.6) is 17.4 Å². The molecule has 0 saturated heterocycles. The van der Waals surface area contributed by atoms with E-state index in [9.17, 15) is 9.90 Å². The van der Waals surface area contributed by atoms with Crippen LogP contribution < -0.4 is 25.1 Å². The van der Waals surface area contributed by atoms with E-state index in [4.69, 9.17) is 14.2 Å². The standard InChI is InChI=1S/C25H30N4O5/c1-32-23-8-4-17-5-9-24(31)29(25(17)28-23)15-20(30)16-2-6-18(7-3-16)26-13-19-12-21-22(14-27-19)34-11-10-33-21/h4-5,8-9,12,14,16,18,20,26,30H,2-3,6-7,10-11,13,15H2,1H3/t16?,18?,20-/m0/s1. The van der Waals surface area contributed by atoms with Gasteiger partial charge in [-0.25, -0.2) is 0 Å². The third-order valence-corrected chi connectivity index (χ3v) is 6.76. The molecule has 0 amide bonds. The number of aliphatic hydroxyl groups is 1. The van der Waals surface area contributed by atoms with Crippen molar-refractivity contribution >= 4 is 11.0 Å². The molecule has 0 aromatic carbocycles. The lowest BCUT2D eigenvalue weighted by Crippen LogP contribution is -2.38. The molecule has 3 aromatic heterocycles. The summed E-state index contributed by atoms with van der Waals surface area (Å²) in [6, 6.07) is 9.21. The van der Waals surface area contributed by atoms with Gasteiger partial charge >= 0.3 is 0 Å². The first-order valence-electron chi connectivity index (χ1n) is 11.8. The van der Waals surface area contributed by atoms with E-state index in [0.29, 0.717) is 43.1 Å². The lowest BCUT2D eigenvalue weighted by molar-refractivity contribution is 0.0638. The Morgan fingerprint density at radius 2 is 1.91 bits per heavy atom. The minimum atomic E-state index is -0.614. The van der Waals surface area contributed by atoms with E-state index in [1.54, 1.807) is 30.0 Å². The first-order chi connectivity index (χ1) is 16.6. The summed E-state index contributed by atoms with van der Waals surface area (Å²) in [4.78, 5) is 21.4. The summed E-state index contributed by atoms with van der Waals surface area (Å²) in [6.45, 7) is 2.00. The van der Waals surface area contributed by atoms with E-state index in [1.807, 2.05) is 12.1 Å². The van der Waals surface area contributed by atoms with E-state index in [2.05, 4.69) is 15.3 Å². The van der Waals surface area contributed by atoms with Crippen molar-refractivity contribution in [2.24, 2.45) is 5.92 Å². The largest absolute Gasteiger partial charge is 0.486 e. The van der Waals surface area contributed by atoms with Crippen molar-refractivity contribution in [2.75, 3.05) is 20.3 Å². The zero-order chi connectivity index (χ0) is 23.5. The maximum absolute atomic E-state index is 12.6. The summed E-state index contributed by atoms with van der Waals surface area (Å²) < 4.78 is 17.9. The van der Waals surface area contributed by atoms with E-state index < -0.39 is 6.10 Å². The minimum Gasteiger partial charge on any atom is -0.486 e. The second-order valence-electron chi connectivity index (χ2n) is 8.93. The Bertz CT molecular complexity index is 1210. The quantitative estimate of drug-likeness (QED) is 0.546. The number of hydrogen-bond acceptors (Lipinski definition) is 8. The molecule has 0 radical (unpaired) electrons. The molecule has 5 rings (SSSR count). The summed E-state index contributed by atoms with van der Waals surface area (Å²) in [7, 11) is 1.55. The Morgan fingerprint density at radius 3 is 2.71 bits per heavy atom. The Hall–Kier alpha value is -3.17. The van der Waals surface area contributed by atoms with Gasteiger partial charge in [0.15, 0.2) is 11.5 Å². The molecule has 2 N–H and O–H groups in total. The molecule has 34 heavy (non-hydrogen) atoms. The molecule has 9 heteroatoms. The number of aromatic nitrogens is 3. The molecule has 9 nitrogen and oxygen atoms in total. The number of hydrogen-bond donors (Lipinski definition) is 2. The number of methoxy groups -OCH3 is 1. The van der Waals surface area contributed by atoms with E-state index >= 15 is 0 Å². The molecule has 180 valence electrons. The Balaban J connectivity index is 1.17. The highest BCUT2D eigenvalue weighted by Crippen LogP contribution is 2.30. The van der Waals surface area contributed by atoms with Crippen molar-refractivity contribution in [1.82, 2.24) is 19.9 Å². The Labute approximate surface area is 197 Å². The van der Waals surface area contributed by atoms with E-state index in [-0.39, 0.29) is 18.0 Å². The van der Waals surface area contributed by atoms with Crippen LogP contribution in [0.15, 0.2) is 41.3 Å². The molecule has 1 atom stereocenters. The highest BCUT2D eigenvalue weighted by Gasteiger charge is 2.27. The maximum atomic E-state index is 12.6. The van der Waals surface area contributed by atoms with Gasteiger partial charge in [-0.3, -0.25) is 14.3 Å². The number of fused-ring (bicyclic) bond motifs is 2. The molecule has 3 aromatic rings. The van der Waals surface area contributed by atoms with Gasteiger partial charge in [-0.15, -0.1) is 0 Å². The fourth-order valence-electron chi connectivity index (χ4n) is 4.81. The number of aliphatic hydroxyl groups excluding tert-OH is 1. The zero-order valence-electron chi connectivity index (χ0n) is 19.3. The van der Waals surface area contributed by atoms with Crippen LogP contribution in [0.4, 0.5) is 0 Å². The van der Waals surface area contributed by atoms with Crippen molar-refractivity contribution in [1.29, 1.82) is 0 Å². The van der Waals surface area contributed by atoms with Gasteiger partial charge in [-0.05, 0) is 43.7 Å². The smallest absolute Gasteiger partial charge is 0.252 e. The van der Waals surface area contributed by atoms with Crippen LogP contribution in [0.2, 0.25) is 0 Å². The Kier molecular flexibility index (Phi) is 6.64. The van der Waals surface area contributed by atoms with Gasteiger partial charge in [-0.2, -0.15) is 4.98 Å². The predicted octanol–water partition coefficient (Wildman–Crippen LogP) is 2.28. The number of nitrogens with zero attached hydrogens (tertiary/aromatic N) is 3. The van der Waals surface area contributed by atoms with Crippen LogP contribution in [-0.2, 0) is 13.1 Å². The summed E-state index contributed by atoms with van der Waals surface area (Å²) in [5.41, 5.74) is 1.28. The van der Waals surface area contributed by atoms with E-state index in [0.717, 1.165) is 42.5 Å². The lowest BCUT2D eigenvalue weighted by Gasteiger charge is -2.32. The minimum absolute atomic E-state index is 0.137. The lowest BCUT2D eigenvalue weighted by atomic mass is 9.82. The highest BCUT2D eigenvalue weighted by atomic mass is 16.6. The molecule has 1 aliphatic carbocycles. The van der Waals surface area contributed by atoms with Crippen molar-refractivity contribution in [3.63, 3.8) is 0 Å². The summed E-state index contributed by atoms with van der Waals surface area (Å²) in [6.07, 6.45) is 4.81. The number of ether oxygens (including phenoxy) is 3. The van der Waals surface area contributed by atoms with Crippen LogP contribution >= 0.6 is 0 Å². The maximum Gasteiger partial charge on any atom is 0.252 e. The van der Waals surface area contributed by atoms with Crippen LogP contribution in [0, 0.1) is 5.92 Å². The van der Waals surface area contributed by atoms with Crippen molar-refractivity contribution in [3.8, 4) is 17.4 Å². The SMILES string of the molecule is COc1ccc2ccc(=O)n(C[C@H](O)C3CCC(NCc4cc5c(cn4)OCCO5)CC3)c2n1. The molecule has 0 bridgehead atoms. The first kappa shape index (κ1) is 22.6. The Morgan fingerprint density at radius 1 is 1.15 bits per heavy atom. The molecule has 0 unspecified atom stereocenters. The summed E-state index contributed by atoms with van der Waals surface area (Å²) >= 11 is 0. The van der Waals surface area contributed by atoms with Gasteiger partial charge in [0, 0.05) is 36.2 Å². The van der Waals surface area contributed by atoms with Gasteiger partial charge in [0.05, 0.1) is 31.6 Å². The molecule has 1 aliphatic heterocycles. The first-order valence-corrected chi connectivity index (χ1v) is 11.8. The van der Waals surface area contributed by atoms with Gasteiger partial charge in [0.1, 0.15) is 18.9 Å². The highest BCUT2D eigenvalue weighted by molar-refractivity contribution is 5.75. The average Bonchev–Trinajstić information content (AvgIpc) is 2.89. The van der Waals surface area contributed by atoms with Crippen LogP contribution in [-0.4, -0.2) is 52.1 Å². The molecule has 1 fully saturated rings. The normalized spacial score (nSPS) is 20.8. The summed E-state index contributed by atoms with van der Waals surface area (Å²) in [5.74, 6) is 2.03. The number of nitrogens with one attached hydrogen (secondary N) is 1. The molecule has 4 heterocycles. The van der Waals surface area contributed by atoms with Crippen LogP contribution in [0.1, 0.15) is 31.4 Å².